The van der Waals surface area contributed by atoms with E-state index in [-0.39, 0.29) is 0 Å². The van der Waals surface area contributed by atoms with Gasteiger partial charge in [-0.2, -0.15) is 11.8 Å². The maximum Gasteiger partial charge on any atom is 0.0945 e. The first kappa shape index (κ1) is 17.9. The Morgan fingerprint density at radius 3 is 2.78 bits per heavy atom. The van der Waals surface area contributed by atoms with Crippen LogP contribution in [0.15, 0.2) is 55.1 Å². The van der Waals surface area contributed by atoms with Crippen LogP contribution < -0.4 is 0 Å². The summed E-state index contributed by atoms with van der Waals surface area (Å²) in [6, 6.07) is 10.6. The molecule has 0 aliphatic heterocycles. The zero-order chi connectivity index (χ0) is 16.2. The topological polar surface area (TPSA) is 17.8 Å². The van der Waals surface area contributed by atoms with Crippen molar-refractivity contribution >= 4 is 17.8 Å². The highest BCUT2D eigenvalue weighted by atomic mass is 32.2. The molecule has 1 aromatic carbocycles. The van der Waals surface area contributed by atoms with Crippen molar-refractivity contribution < 1.29 is 0 Å². The molecule has 0 aliphatic rings. The lowest BCUT2D eigenvalue weighted by Gasteiger charge is -2.13. The number of rotatable bonds is 11. The maximum absolute atomic E-state index is 4.13. The van der Waals surface area contributed by atoms with E-state index in [9.17, 15) is 0 Å². The van der Waals surface area contributed by atoms with Crippen molar-refractivity contribution in [2.75, 3.05) is 5.75 Å². The van der Waals surface area contributed by atoms with E-state index in [1.165, 1.54) is 37.0 Å². The molecule has 2 aromatic rings. The summed E-state index contributed by atoms with van der Waals surface area (Å²) in [5.41, 5.74) is 1.28. The molecule has 1 unspecified atom stereocenters. The molecule has 0 spiro atoms. The second-order valence-electron chi connectivity index (χ2n) is 5.83. The molecule has 0 N–H and O–H groups in total. The van der Waals surface area contributed by atoms with Crippen LogP contribution in [0.4, 0.5) is 0 Å². The largest absolute Gasteiger partial charge is 0.337 e. The Balaban J connectivity index is 1.83. The predicted molar refractivity (Wildman–Crippen MR) is 103 cm³/mol. The number of hydrogen-bond donors (Lipinski definition) is 0. The molecule has 1 heterocycles. The molecule has 124 valence electrons. The van der Waals surface area contributed by atoms with E-state index in [0.29, 0.717) is 5.25 Å². The molecule has 0 saturated heterocycles. The van der Waals surface area contributed by atoms with Crippen LogP contribution in [0.3, 0.4) is 0 Å². The van der Waals surface area contributed by atoms with Gasteiger partial charge in [0.25, 0.3) is 0 Å². The molecule has 0 radical (unpaired) electrons. The van der Waals surface area contributed by atoms with Crippen LogP contribution >= 0.6 is 11.8 Å². The fourth-order valence-electron chi connectivity index (χ4n) is 2.48. The Kier molecular flexibility index (Phi) is 8.64. The Bertz CT molecular complexity index is 534. The molecular formula is C20H28N2S. The van der Waals surface area contributed by atoms with E-state index < -0.39 is 0 Å². The Morgan fingerprint density at radius 1 is 1.17 bits per heavy atom. The van der Waals surface area contributed by atoms with Gasteiger partial charge >= 0.3 is 0 Å². The summed E-state index contributed by atoms with van der Waals surface area (Å²) in [4.78, 5) is 4.13. The smallest absolute Gasteiger partial charge is 0.0945 e. The summed E-state index contributed by atoms with van der Waals surface area (Å²) in [5.74, 6) is 1.26. The standard InChI is InChI=1S/C20H28N2S/c1-2-3-4-8-17-23-20(13-15-22-16-14-21-18-22)12-11-19-9-6-5-7-10-19/h5-7,9-12,14,16,18,20H,2-4,8,13,15,17H2,1H3. The predicted octanol–water partition coefficient (Wildman–Crippen LogP) is 5.67. The lowest BCUT2D eigenvalue weighted by Crippen LogP contribution is -2.06. The molecule has 0 amide bonds. The second kappa shape index (κ2) is 11.1. The summed E-state index contributed by atoms with van der Waals surface area (Å²) in [5, 5.41) is 0.569. The second-order valence-corrected chi connectivity index (χ2v) is 7.18. The highest BCUT2D eigenvalue weighted by molar-refractivity contribution is 8.00. The molecule has 23 heavy (non-hydrogen) atoms. The number of benzene rings is 1. The van der Waals surface area contributed by atoms with E-state index in [1.807, 2.05) is 18.7 Å². The fourth-order valence-corrected chi connectivity index (χ4v) is 3.61. The zero-order valence-corrected chi connectivity index (χ0v) is 14.9. The quantitative estimate of drug-likeness (QED) is 0.495. The first-order chi connectivity index (χ1) is 11.4. The first-order valence-corrected chi connectivity index (χ1v) is 9.74. The van der Waals surface area contributed by atoms with Gasteiger partial charge in [0.2, 0.25) is 0 Å². The third kappa shape index (κ3) is 7.56. The Hall–Kier alpha value is -1.48. The number of imidazole rings is 1. The van der Waals surface area contributed by atoms with Gasteiger partial charge in [-0.05, 0) is 24.2 Å². The molecule has 2 rings (SSSR count). The summed E-state index contributed by atoms with van der Waals surface area (Å²) in [6.45, 7) is 3.30. The summed E-state index contributed by atoms with van der Waals surface area (Å²) in [7, 11) is 0. The molecule has 1 atom stereocenters. The van der Waals surface area contributed by atoms with Gasteiger partial charge in [0, 0.05) is 24.2 Å². The summed E-state index contributed by atoms with van der Waals surface area (Å²) >= 11 is 2.09. The Labute approximate surface area is 145 Å². The van der Waals surface area contributed by atoms with Crippen LogP contribution in [-0.2, 0) is 6.54 Å². The van der Waals surface area contributed by atoms with Crippen molar-refractivity contribution in [3.8, 4) is 0 Å². The minimum Gasteiger partial charge on any atom is -0.337 e. The van der Waals surface area contributed by atoms with Crippen molar-refractivity contribution in [3.63, 3.8) is 0 Å². The van der Waals surface area contributed by atoms with Gasteiger partial charge < -0.3 is 4.57 Å². The fraction of sp³-hybridized carbons (Fsp3) is 0.450. The van der Waals surface area contributed by atoms with Gasteiger partial charge in [-0.25, -0.2) is 4.98 Å². The molecule has 0 saturated carbocycles. The van der Waals surface area contributed by atoms with E-state index in [4.69, 9.17) is 0 Å². The SMILES string of the molecule is CCCCCCSC(C=Cc1ccccc1)CCn1ccnc1. The lowest BCUT2D eigenvalue weighted by molar-refractivity contribution is 0.655. The monoisotopic (exact) mass is 328 g/mol. The van der Waals surface area contributed by atoms with Gasteiger partial charge in [-0.3, -0.25) is 0 Å². The van der Waals surface area contributed by atoms with Crippen molar-refractivity contribution in [2.24, 2.45) is 0 Å². The molecule has 1 aromatic heterocycles. The average molecular weight is 329 g/mol. The van der Waals surface area contributed by atoms with Crippen LogP contribution in [0.5, 0.6) is 0 Å². The van der Waals surface area contributed by atoms with E-state index >= 15 is 0 Å². The minimum atomic E-state index is 0.569. The molecule has 0 fully saturated rings. The highest BCUT2D eigenvalue weighted by Gasteiger charge is 2.06. The number of nitrogens with zero attached hydrogens (tertiary/aromatic N) is 2. The van der Waals surface area contributed by atoms with Crippen LogP contribution in [0, 0.1) is 0 Å². The van der Waals surface area contributed by atoms with Gasteiger partial charge in [0.15, 0.2) is 0 Å². The molecule has 0 bridgehead atoms. The van der Waals surface area contributed by atoms with Gasteiger partial charge in [-0.15, -0.1) is 0 Å². The van der Waals surface area contributed by atoms with Crippen molar-refractivity contribution in [2.45, 2.75) is 50.8 Å². The number of thioether (sulfide) groups is 1. The summed E-state index contributed by atoms with van der Waals surface area (Å²) < 4.78 is 2.17. The number of aromatic nitrogens is 2. The number of hydrogen-bond acceptors (Lipinski definition) is 2. The minimum absolute atomic E-state index is 0.569. The van der Waals surface area contributed by atoms with Crippen LogP contribution in [0.25, 0.3) is 6.08 Å². The third-order valence-corrected chi connectivity index (χ3v) is 5.21. The van der Waals surface area contributed by atoms with Crippen molar-refractivity contribution in [1.29, 1.82) is 0 Å². The average Bonchev–Trinajstić information content (AvgIpc) is 3.11. The van der Waals surface area contributed by atoms with E-state index in [2.05, 4.69) is 70.7 Å². The van der Waals surface area contributed by atoms with Crippen LogP contribution in [-0.4, -0.2) is 20.6 Å². The van der Waals surface area contributed by atoms with Crippen LogP contribution in [0.2, 0.25) is 0 Å². The molecule has 0 aliphatic carbocycles. The highest BCUT2D eigenvalue weighted by Crippen LogP contribution is 2.20. The molecule has 3 heteroatoms. The lowest BCUT2D eigenvalue weighted by atomic mass is 10.2. The van der Waals surface area contributed by atoms with Crippen molar-refractivity contribution in [1.82, 2.24) is 9.55 Å². The normalized spacial score (nSPS) is 12.7. The van der Waals surface area contributed by atoms with E-state index in [0.717, 1.165) is 13.0 Å². The summed E-state index contributed by atoms with van der Waals surface area (Å²) in [6.07, 6.45) is 17.0. The number of unbranched alkanes of at least 4 members (excludes halogenated alkanes) is 3. The Morgan fingerprint density at radius 2 is 2.04 bits per heavy atom. The molecular weight excluding hydrogens is 300 g/mol. The zero-order valence-electron chi connectivity index (χ0n) is 14.1. The van der Waals surface area contributed by atoms with Crippen molar-refractivity contribution in [3.05, 3.63) is 60.7 Å². The molecule has 2 nitrogen and oxygen atoms in total. The van der Waals surface area contributed by atoms with Gasteiger partial charge in [0.1, 0.15) is 0 Å². The van der Waals surface area contributed by atoms with Crippen LogP contribution in [0.1, 0.15) is 44.6 Å². The first-order valence-electron chi connectivity index (χ1n) is 8.69. The maximum atomic E-state index is 4.13. The van der Waals surface area contributed by atoms with Gasteiger partial charge in [-0.1, -0.05) is 68.7 Å². The number of aryl methyl sites for hydroxylation is 1. The third-order valence-electron chi connectivity index (χ3n) is 3.86. The van der Waals surface area contributed by atoms with E-state index in [1.54, 1.807) is 0 Å². The van der Waals surface area contributed by atoms with Gasteiger partial charge in [0.05, 0.1) is 6.33 Å².